The average molecular weight is 572 g/mol. The number of carbonyl (C=O) groups excluding carboxylic acids is 2. The van der Waals surface area contributed by atoms with Gasteiger partial charge in [-0.15, -0.1) is 0 Å². The van der Waals surface area contributed by atoms with Crippen LogP contribution in [0.25, 0.3) is 0 Å². The summed E-state index contributed by atoms with van der Waals surface area (Å²) in [5.41, 5.74) is 2.95. The number of phenolic OH excluding ortho intramolecular Hbond substituents is 1. The van der Waals surface area contributed by atoms with Crippen LogP contribution in [-0.2, 0) is 4.79 Å². The van der Waals surface area contributed by atoms with E-state index in [9.17, 15) is 14.7 Å². The van der Waals surface area contributed by atoms with Gasteiger partial charge >= 0.3 is 11.9 Å². The van der Waals surface area contributed by atoms with Gasteiger partial charge in [-0.2, -0.15) is 0 Å². The second-order valence-corrected chi connectivity index (χ2v) is 12.0. The molecule has 1 N–H and O–H groups in total. The Hall–Kier alpha value is -3.64. The summed E-state index contributed by atoms with van der Waals surface area (Å²) >= 11 is 0. The Labute approximate surface area is 250 Å². The highest BCUT2D eigenvalue weighted by molar-refractivity contribution is 5.91. The van der Waals surface area contributed by atoms with Gasteiger partial charge in [0.2, 0.25) is 0 Å². The van der Waals surface area contributed by atoms with Crippen molar-refractivity contribution >= 4 is 11.9 Å². The Morgan fingerprint density at radius 2 is 1.50 bits per heavy atom. The van der Waals surface area contributed by atoms with Crippen molar-refractivity contribution in [1.29, 1.82) is 0 Å². The maximum Gasteiger partial charge on any atom is 0.343 e. The molecule has 4 rings (SSSR count). The second-order valence-electron chi connectivity index (χ2n) is 12.0. The molecule has 6 heteroatoms. The Balaban J connectivity index is 1.57. The van der Waals surface area contributed by atoms with E-state index in [1.165, 1.54) is 6.42 Å². The first-order valence-corrected chi connectivity index (χ1v) is 15.3. The molecule has 0 bridgehead atoms. The topological polar surface area (TPSA) is 76.1 Å². The van der Waals surface area contributed by atoms with Crippen LogP contribution < -0.4 is 9.47 Å². The monoisotopic (exact) mass is 571 g/mol. The molecule has 6 nitrogen and oxygen atoms in total. The molecule has 1 aliphatic carbocycles. The van der Waals surface area contributed by atoms with Crippen LogP contribution in [-0.4, -0.2) is 40.6 Å². The zero-order valence-corrected chi connectivity index (χ0v) is 25.6. The summed E-state index contributed by atoms with van der Waals surface area (Å²) in [4.78, 5) is 28.3. The van der Waals surface area contributed by atoms with Gasteiger partial charge in [-0.05, 0) is 108 Å². The van der Waals surface area contributed by atoms with Crippen LogP contribution in [0.3, 0.4) is 0 Å². The second kappa shape index (κ2) is 14.5. The number of phenols is 1. The fourth-order valence-electron chi connectivity index (χ4n) is 6.12. The summed E-state index contributed by atoms with van der Waals surface area (Å²) in [7, 11) is 0. The molecular formula is C36H45NO5. The van der Waals surface area contributed by atoms with Gasteiger partial charge in [0.05, 0.1) is 11.5 Å². The number of carbonyl (C=O) groups is 2. The highest BCUT2D eigenvalue weighted by Gasteiger charge is 2.27. The molecule has 42 heavy (non-hydrogen) atoms. The molecule has 0 radical (unpaired) electrons. The number of rotatable bonds is 11. The van der Waals surface area contributed by atoms with Crippen LogP contribution in [0, 0.1) is 12.8 Å². The summed E-state index contributed by atoms with van der Waals surface area (Å²) in [5, 5.41) is 10.7. The first-order chi connectivity index (χ1) is 20.2. The maximum atomic E-state index is 13.3. The van der Waals surface area contributed by atoms with Crippen LogP contribution in [0.15, 0.2) is 66.7 Å². The molecule has 0 aromatic heterocycles. The summed E-state index contributed by atoms with van der Waals surface area (Å²) in [6.45, 7) is 11.5. The van der Waals surface area contributed by atoms with E-state index in [4.69, 9.17) is 9.47 Å². The fraction of sp³-hybridized carbons (Fsp3) is 0.444. The SMILES string of the molecule is Cc1c(O)ccc(OC(=O)c2ccc(OC(=O)C3CCCCC3)cc2)c1[C@H](CCN(C(C)C)C(C)C)c1ccccc1. The van der Waals surface area contributed by atoms with E-state index in [0.717, 1.165) is 49.8 Å². The van der Waals surface area contributed by atoms with Gasteiger partial charge in [-0.1, -0.05) is 49.6 Å². The number of aromatic hydroxyl groups is 1. The fourth-order valence-corrected chi connectivity index (χ4v) is 6.12. The van der Waals surface area contributed by atoms with Gasteiger partial charge in [-0.25, -0.2) is 4.79 Å². The third kappa shape index (κ3) is 7.80. The molecule has 1 saturated carbocycles. The zero-order valence-electron chi connectivity index (χ0n) is 25.6. The molecule has 0 heterocycles. The van der Waals surface area contributed by atoms with Gasteiger partial charge < -0.3 is 14.6 Å². The number of esters is 2. The molecule has 0 spiro atoms. The van der Waals surface area contributed by atoms with E-state index in [2.05, 4.69) is 44.7 Å². The molecule has 0 amide bonds. The van der Waals surface area contributed by atoms with Crippen molar-refractivity contribution < 1.29 is 24.2 Å². The largest absolute Gasteiger partial charge is 0.508 e. The van der Waals surface area contributed by atoms with Crippen LogP contribution in [0.2, 0.25) is 0 Å². The highest BCUT2D eigenvalue weighted by atomic mass is 16.5. The number of hydrogen-bond donors (Lipinski definition) is 1. The van der Waals surface area contributed by atoms with E-state index >= 15 is 0 Å². The summed E-state index contributed by atoms with van der Waals surface area (Å²) in [6.07, 6.45) is 5.81. The molecule has 0 aliphatic heterocycles. The average Bonchev–Trinajstić information content (AvgIpc) is 2.99. The Morgan fingerprint density at radius 1 is 0.857 bits per heavy atom. The lowest BCUT2D eigenvalue weighted by molar-refractivity contribution is -0.139. The van der Waals surface area contributed by atoms with E-state index in [0.29, 0.717) is 34.7 Å². The molecule has 1 fully saturated rings. The van der Waals surface area contributed by atoms with Crippen molar-refractivity contribution in [3.8, 4) is 17.2 Å². The quantitative estimate of drug-likeness (QED) is 0.185. The maximum absolute atomic E-state index is 13.3. The zero-order chi connectivity index (χ0) is 30.2. The molecule has 224 valence electrons. The van der Waals surface area contributed by atoms with Crippen LogP contribution in [0.5, 0.6) is 17.2 Å². The van der Waals surface area contributed by atoms with Crippen molar-refractivity contribution in [3.05, 3.63) is 89.0 Å². The summed E-state index contributed by atoms with van der Waals surface area (Å²) < 4.78 is 11.6. The predicted molar refractivity (Wildman–Crippen MR) is 166 cm³/mol. The predicted octanol–water partition coefficient (Wildman–Crippen LogP) is 8.05. The van der Waals surface area contributed by atoms with Crippen LogP contribution >= 0.6 is 0 Å². The van der Waals surface area contributed by atoms with E-state index in [1.807, 2.05) is 25.1 Å². The smallest absolute Gasteiger partial charge is 0.343 e. The molecule has 0 saturated heterocycles. The lowest BCUT2D eigenvalue weighted by Crippen LogP contribution is -2.38. The lowest BCUT2D eigenvalue weighted by atomic mass is 9.84. The third-order valence-electron chi connectivity index (χ3n) is 8.45. The number of benzene rings is 3. The Kier molecular flexibility index (Phi) is 10.8. The molecule has 1 atom stereocenters. The van der Waals surface area contributed by atoms with Gasteiger partial charge in [0.1, 0.15) is 17.2 Å². The summed E-state index contributed by atoms with van der Waals surface area (Å²) in [6, 6.07) is 20.7. The molecule has 3 aromatic rings. The van der Waals surface area contributed by atoms with E-state index in [-0.39, 0.29) is 23.6 Å². The Bertz CT molecular complexity index is 1320. The van der Waals surface area contributed by atoms with E-state index < -0.39 is 5.97 Å². The van der Waals surface area contributed by atoms with Crippen molar-refractivity contribution in [2.24, 2.45) is 5.92 Å². The van der Waals surface area contributed by atoms with Crippen molar-refractivity contribution in [2.45, 2.75) is 91.1 Å². The van der Waals surface area contributed by atoms with Crippen LogP contribution in [0.1, 0.15) is 99.2 Å². The van der Waals surface area contributed by atoms with Crippen LogP contribution in [0.4, 0.5) is 0 Å². The van der Waals surface area contributed by atoms with Crippen molar-refractivity contribution in [2.75, 3.05) is 6.54 Å². The van der Waals surface area contributed by atoms with Crippen molar-refractivity contribution in [3.63, 3.8) is 0 Å². The number of hydrogen-bond acceptors (Lipinski definition) is 6. The number of ether oxygens (including phenoxy) is 2. The first kappa shape index (κ1) is 31.3. The Morgan fingerprint density at radius 3 is 2.12 bits per heavy atom. The minimum Gasteiger partial charge on any atom is -0.508 e. The van der Waals surface area contributed by atoms with Crippen molar-refractivity contribution in [1.82, 2.24) is 4.90 Å². The van der Waals surface area contributed by atoms with Gasteiger partial charge in [0.15, 0.2) is 0 Å². The van der Waals surface area contributed by atoms with Gasteiger partial charge in [-0.3, -0.25) is 9.69 Å². The number of nitrogens with zero attached hydrogens (tertiary/aromatic N) is 1. The molecular weight excluding hydrogens is 526 g/mol. The molecule has 0 unspecified atom stereocenters. The first-order valence-electron chi connectivity index (χ1n) is 15.3. The normalized spacial score (nSPS) is 14.8. The standard InChI is InChI=1S/C36H45NO5/c1-24(2)37(25(3)4)23-22-31(27-12-8-6-9-13-27)34-26(5)32(38)20-21-33(34)42-36(40)29-16-18-30(19-17-29)41-35(39)28-14-10-7-11-15-28/h6,8-9,12-13,16-21,24-25,28,31,38H,7,10-11,14-15,22-23H2,1-5H3/t31-/m1/s1. The minimum atomic E-state index is -0.510. The van der Waals surface area contributed by atoms with E-state index in [1.54, 1.807) is 36.4 Å². The minimum absolute atomic E-state index is 0.0507. The van der Waals surface area contributed by atoms with Gasteiger partial charge in [0.25, 0.3) is 0 Å². The molecule has 3 aromatic carbocycles. The lowest BCUT2D eigenvalue weighted by Gasteiger charge is -2.33. The highest BCUT2D eigenvalue weighted by Crippen LogP contribution is 2.41. The summed E-state index contributed by atoms with van der Waals surface area (Å²) in [5.74, 6) is 0.163. The van der Waals surface area contributed by atoms with Gasteiger partial charge in [0, 0.05) is 23.6 Å². The molecule has 1 aliphatic rings. The third-order valence-corrected chi connectivity index (χ3v) is 8.45.